The van der Waals surface area contributed by atoms with Gasteiger partial charge in [0.2, 0.25) is 0 Å². The fourth-order valence-electron chi connectivity index (χ4n) is 2.17. The highest BCUT2D eigenvalue weighted by Crippen LogP contribution is 2.25. The predicted molar refractivity (Wildman–Crippen MR) is 87.8 cm³/mol. The first kappa shape index (κ1) is 14.4. The van der Waals surface area contributed by atoms with Gasteiger partial charge in [-0.1, -0.05) is 63.2 Å². The molecule has 0 heterocycles. The highest BCUT2D eigenvalue weighted by atomic mass is 32.2. The van der Waals surface area contributed by atoms with Crippen molar-refractivity contribution < 1.29 is 0 Å². The Morgan fingerprint density at radius 2 is 1.74 bits per heavy atom. The highest BCUT2D eigenvalue weighted by Gasteiger charge is 2.14. The van der Waals surface area contributed by atoms with Crippen LogP contribution < -0.4 is 5.73 Å². The number of fused-ring (bicyclic) bond motifs is 1. The van der Waals surface area contributed by atoms with Crippen molar-refractivity contribution in [1.82, 2.24) is 0 Å². The van der Waals surface area contributed by atoms with Gasteiger partial charge in [-0.25, -0.2) is 0 Å². The molecule has 0 aliphatic heterocycles. The SMILES string of the molecule is CC(C)(C)SCC(N)Cc1cccc2ccccc12. The molecular weight excluding hydrogens is 250 g/mol. The number of hydrogen-bond donors (Lipinski definition) is 1. The van der Waals surface area contributed by atoms with E-state index in [0.717, 1.165) is 12.2 Å². The van der Waals surface area contributed by atoms with Crippen LogP contribution in [0, 0.1) is 0 Å². The average molecular weight is 273 g/mol. The zero-order valence-electron chi connectivity index (χ0n) is 12.0. The van der Waals surface area contributed by atoms with Gasteiger partial charge >= 0.3 is 0 Å². The van der Waals surface area contributed by atoms with E-state index in [4.69, 9.17) is 5.73 Å². The first-order valence-corrected chi connectivity index (χ1v) is 7.80. The molecule has 2 rings (SSSR count). The molecule has 1 unspecified atom stereocenters. The maximum absolute atomic E-state index is 6.28. The van der Waals surface area contributed by atoms with Gasteiger partial charge in [-0.15, -0.1) is 0 Å². The zero-order valence-corrected chi connectivity index (χ0v) is 12.8. The summed E-state index contributed by atoms with van der Waals surface area (Å²) in [7, 11) is 0. The molecule has 1 atom stereocenters. The number of rotatable bonds is 4. The van der Waals surface area contributed by atoms with Crippen LogP contribution in [0.1, 0.15) is 26.3 Å². The molecule has 0 aliphatic carbocycles. The Balaban J connectivity index is 2.09. The molecule has 102 valence electrons. The fourth-order valence-corrected chi connectivity index (χ4v) is 3.00. The minimum Gasteiger partial charge on any atom is -0.327 e. The lowest BCUT2D eigenvalue weighted by atomic mass is 10.00. The van der Waals surface area contributed by atoms with Crippen molar-refractivity contribution in [2.45, 2.75) is 38.0 Å². The van der Waals surface area contributed by atoms with Crippen LogP contribution in [0.5, 0.6) is 0 Å². The molecule has 0 amide bonds. The van der Waals surface area contributed by atoms with E-state index in [2.05, 4.69) is 63.2 Å². The summed E-state index contributed by atoms with van der Waals surface area (Å²) in [6.07, 6.45) is 0.949. The number of nitrogens with two attached hydrogens (primary N) is 1. The third-order valence-corrected chi connectivity index (χ3v) is 4.55. The molecule has 0 aliphatic rings. The van der Waals surface area contributed by atoms with Crippen LogP contribution in [0.3, 0.4) is 0 Å². The van der Waals surface area contributed by atoms with E-state index in [9.17, 15) is 0 Å². The first-order valence-electron chi connectivity index (χ1n) is 6.82. The summed E-state index contributed by atoms with van der Waals surface area (Å²) in [5, 5.41) is 2.64. The third kappa shape index (κ3) is 4.26. The molecule has 0 fully saturated rings. The Morgan fingerprint density at radius 3 is 2.47 bits per heavy atom. The molecule has 0 radical (unpaired) electrons. The molecule has 2 aromatic rings. The lowest BCUT2D eigenvalue weighted by molar-refractivity contribution is 0.737. The van der Waals surface area contributed by atoms with Crippen molar-refractivity contribution >= 4 is 22.5 Å². The molecule has 1 nitrogen and oxygen atoms in total. The lowest BCUT2D eigenvalue weighted by Gasteiger charge is -2.21. The van der Waals surface area contributed by atoms with Crippen LogP contribution in [0.25, 0.3) is 10.8 Å². The van der Waals surface area contributed by atoms with Crippen molar-refractivity contribution in [2.75, 3.05) is 5.75 Å². The highest BCUT2D eigenvalue weighted by molar-refractivity contribution is 8.00. The van der Waals surface area contributed by atoms with Gasteiger partial charge in [0.25, 0.3) is 0 Å². The monoisotopic (exact) mass is 273 g/mol. The van der Waals surface area contributed by atoms with Crippen LogP contribution in [0.4, 0.5) is 0 Å². The van der Waals surface area contributed by atoms with E-state index < -0.39 is 0 Å². The Kier molecular flexibility index (Phi) is 4.54. The van der Waals surface area contributed by atoms with Crippen molar-refractivity contribution in [3.8, 4) is 0 Å². The van der Waals surface area contributed by atoms with Gasteiger partial charge in [0, 0.05) is 16.5 Å². The summed E-state index contributed by atoms with van der Waals surface area (Å²) < 4.78 is 0.288. The molecule has 2 aromatic carbocycles. The summed E-state index contributed by atoms with van der Waals surface area (Å²) in [6, 6.07) is 15.2. The van der Waals surface area contributed by atoms with Crippen LogP contribution in [0.15, 0.2) is 42.5 Å². The summed E-state index contributed by atoms with van der Waals surface area (Å²) in [5.74, 6) is 1.01. The second kappa shape index (κ2) is 5.98. The van der Waals surface area contributed by atoms with Crippen molar-refractivity contribution in [1.29, 1.82) is 0 Å². The zero-order chi connectivity index (χ0) is 13.9. The largest absolute Gasteiger partial charge is 0.327 e. The summed E-state index contributed by atoms with van der Waals surface area (Å²) >= 11 is 1.94. The fraction of sp³-hybridized carbons (Fsp3) is 0.412. The van der Waals surface area contributed by atoms with Crippen LogP contribution >= 0.6 is 11.8 Å². The molecular formula is C17H23NS. The van der Waals surface area contributed by atoms with Crippen molar-refractivity contribution in [2.24, 2.45) is 5.73 Å². The number of thioether (sulfide) groups is 1. The van der Waals surface area contributed by atoms with Gasteiger partial charge in [-0.2, -0.15) is 11.8 Å². The molecule has 0 spiro atoms. The molecule has 0 aromatic heterocycles. The Labute approximate surface area is 120 Å². The van der Waals surface area contributed by atoms with Gasteiger partial charge < -0.3 is 5.73 Å². The average Bonchev–Trinajstić information content (AvgIpc) is 2.36. The normalized spacial score (nSPS) is 13.7. The second-order valence-electron chi connectivity index (χ2n) is 6.03. The van der Waals surface area contributed by atoms with E-state index in [-0.39, 0.29) is 10.8 Å². The standard InChI is InChI=1S/C17H23NS/c1-17(2,3)19-12-15(18)11-14-9-6-8-13-7-4-5-10-16(13)14/h4-10,15H,11-12,18H2,1-3H3. The van der Waals surface area contributed by atoms with Crippen LogP contribution in [-0.2, 0) is 6.42 Å². The number of hydrogen-bond acceptors (Lipinski definition) is 2. The Bertz CT molecular complexity index is 537. The second-order valence-corrected chi connectivity index (χ2v) is 7.87. The minimum atomic E-state index is 0.218. The molecule has 19 heavy (non-hydrogen) atoms. The van der Waals surface area contributed by atoms with E-state index in [1.807, 2.05) is 11.8 Å². The maximum atomic E-state index is 6.28. The summed E-state index contributed by atoms with van der Waals surface area (Å²) in [6.45, 7) is 6.72. The Hall–Kier alpha value is -0.990. The van der Waals surface area contributed by atoms with E-state index in [1.165, 1.54) is 16.3 Å². The quantitative estimate of drug-likeness (QED) is 0.901. The third-order valence-electron chi connectivity index (χ3n) is 3.09. The first-order chi connectivity index (χ1) is 8.96. The molecule has 2 heteroatoms. The van der Waals surface area contributed by atoms with Gasteiger partial charge in [0.15, 0.2) is 0 Å². The van der Waals surface area contributed by atoms with E-state index in [0.29, 0.717) is 0 Å². The van der Waals surface area contributed by atoms with Crippen molar-refractivity contribution in [3.05, 3.63) is 48.0 Å². The minimum absolute atomic E-state index is 0.218. The van der Waals surface area contributed by atoms with Gasteiger partial charge in [0.05, 0.1) is 0 Å². The maximum Gasteiger partial charge on any atom is 0.0171 e. The smallest absolute Gasteiger partial charge is 0.0171 e. The molecule has 0 saturated heterocycles. The van der Waals surface area contributed by atoms with Crippen molar-refractivity contribution in [3.63, 3.8) is 0 Å². The van der Waals surface area contributed by atoms with E-state index >= 15 is 0 Å². The lowest BCUT2D eigenvalue weighted by Crippen LogP contribution is -2.28. The van der Waals surface area contributed by atoms with Gasteiger partial charge in [0.1, 0.15) is 0 Å². The van der Waals surface area contributed by atoms with E-state index in [1.54, 1.807) is 0 Å². The Morgan fingerprint density at radius 1 is 1.05 bits per heavy atom. The summed E-state index contributed by atoms with van der Waals surface area (Å²) in [5.41, 5.74) is 7.64. The topological polar surface area (TPSA) is 26.0 Å². The van der Waals surface area contributed by atoms with Crippen LogP contribution in [-0.4, -0.2) is 16.5 Å². The van der Waals surface area contributed by atoms with Crippen LogP contribution in [0.2, 0.25) is 0 Å². The van der Waals surface area contributed by atoms with Gasteiger partial charge in [-0.05, 0) is 22.8 Å². The number of benzene rings is 2. The molecule has 0 saturated carbocycles. The summed E-state index contributed by atoms with van der Waals surface area (Å²) in [4.78, 5) is 0. The van der Waals surface area contributed by atoms with Gasteiger partial charge in [-0.3, -0.25) is 0 Å². The molecule has 2 N–H and O–H groups in total. The molecule has 0 bridgehead atoms. The predicted octanol–water partition coefficient (Wildman–Crippen LogP) is 4.24.